The van der Waals surface area contributed by atoms with Gasteiger partial charge in [0, 0.05) is 24.8 Å². The first-order chi connectivity index (χ1) is 7.00. The fraction of sp³-hybridized carbons (Fsp3) is 0.364. The van der Waals surface area contributed by atoms with Gasteiger partial charge in [0.1, 0.15) is 0 Å². The van der Waals surface area contributed by atoms with Crippen molar-refractivity contribution in [1.82, 2.24) is 15.0 Å². The van der Waals surface area contributed by atoms with E-state index >= 15 is 0 Å². The summed E-state index contributed by atoms with van der Waals surface area (Å²) in [6, 6.07) is 3.89. The zero-order chi connectivity index (χ0) is 11.1. The molecule has 0 aromatic carbocycles. The minimum absolute atomic E-state index is 1.62. The topological polar surface area (TPSA) is 44.5 Å². The third-order valence-electron chi connectivity index (χ3n) is 0.902. The quantitative estimate of drug-likeness (QED) is 0.664. The van der Waals surface area contributed by atoms with Gasteiger partial charge in [-0.25, -0.2) is 4.98 Å². The number of rotatable bonds is 0. The Morgan fingerprint density at radius 3 is 1.50 bits per heavy atom. The van der Waals surface area contributed by atoms with E-state index < -0.39 is 0 Å². The molecule has 3 nitrogen and oxygen atoms in total. The third kappa shape index (κ3) is 13.1. The van der Waals surface area contributed by atoms with Crippen LogP contribution in [0.25, 0.3) is 0 Å². The Labute approximate surface area is 86.6 Å². The van der Waals surface area contributed by atoms with Crippen molar-refractivity contribution in [1.29, 1.82) is 0 Å². The van der Waals surface area contributed by atoms with Gasteiger partial charge in [-0.2, -0.15) is 0 Å². The average Bonchev–Trinajstić information content (AvgIpc) is 3.01. The molecule has 0 bridgehead atoms. The zero-order valence-electron chi connectivity index (χ0n) is 9.49. The zero-order valence-corrected chi connectivity index (χ0v) is 9.49. The predicted molar refractivity (Wildman–Crippen MR) is 62.1 cm³/mol. The Morgan fingerprint density at radius 1 is 0.786 bits per heavy atom. The molecule has 80 valence electrons. The maximum absolute atomic E-state index is 3.67. The van der Waals surface area contributed by atoms with Crippen molar-refractivity contribution in [3.05, 3.63) is 43.2 Å². The Hall–Kier alpha value is -1.51. The lowest BCUT2D eigenvalue weighted by atomic mass is 10.7. The SMILES string of the molecule is CC.CC.c1c[nH]cn1.c1cc[nH]c1. The van der Waals surface area contributed by atoms with Crippen LogP contribution >= 0.6 is 0 Å². The van der Waals surface area contributed by atoms with E-state index in [1.165, 1.54) is 0 Å². The highest BCUT2D eigenvalue weighted by atomic mass is 14.8. The van der Waals surface area contributed by atoms with Crippen molar-refractivity contribution in [3.8, 4) is 0 Å². The van der Waals surface area contributed by atoms with E-state index in [0.29, 0.717) is 0 Å². The summed E-state index contributed by atoms with van der Waals surface area (Å²) in [6.45, 7) is 8.00. The number of H-pyrrole nitrogens is 2. The third-order valence-corrected chi connectivity index (χ3v) is 0.902. The van der Waals surface area contributed by atoms with Gasteiger partial charge in [0.15, 0.2) is 0 Å². The van der Waals surface area contributed by atoms with E-state index in [9.17, 15) is 0 Å². The molecule has 0 spiro atoms. The summed E-state index contributed by atoms with van der Waals surface area (Å²) >= 11 is 0. The number of nitrogens with zero attached hydrogens (tertiary/aromatic N) is 1. The summed E-state index contributed by atoms with van der Waals surface area (Å²) in [5.74, 6) is 0. The molecular formula is C11H21N3. The van der Waals surface area contributed by atoms with Gasteiger partial charge in [0.2, 0.25) is 0 Å². The Morgan fingerprint density at radius 2 is 1.36 bits per heavy atom. The lowest BCUT2D eigenvalue weighted by molar-refractivity contribution is 1.31. The fourth-order valence-corrected chi connectivity index (χ4v) is 0.493. The first-order valence-electron chi connectivity index (χ1n) is 5.00. The standard InChI is InChI=1S/C4H5N.C3H4N2.2C2H6/c1-2-4-5-3-1;1-2-5-3-4-1;2*1-2/h1-5H;1-3H,(H,4,5);2*1-2H3. The van der Waals surface area contributed by atoms with Crippen LogP contribution in [0.5, 0.6) is 0 Å². The van der Waals surface area contributed by atoms with E-state index in [-0.39, 0.29) is 0 Å². The minimum Gasteiger partial charge on any atom is -0.368 e. The molecule has 0 saturated carbocycles. The number of nitrogens with one attached hydrogen (secondary N) is 2. The van der Waals surface area contributed by atoms with E-state index in [0.717, 1.165) is 0 Å². The minimum atomic E-state index is 1.62. The molecule has 2 aromatic rings. The Balaban J connectivity index is 0. The molecular weight excluding hydrogens is 174 g/mol. The van der Waals surface area contributed by atoms with Crippen LogP contribution in [0, 0.1) is 0 Å². The van der Waals surface area contributed by atoms with Gasteiger partial charge < -0.3 is 9.97 Å². The molecule has 0 aliphatic heterocycles. The summed E-state index contributed by atoms with van der Waals surface area (Å²) in [6.07, 6.45) is 8.83. The molecule has 2 N–H and O–H groups in total. The van der Waals surface area contributed by atoms with Crippen molar-refractivity contribution >= 4 is 0 Å². The van der Waals surface area contributed by atoms with Gasteiger partial charge in [-0.15, -0.1) is 0 Å². The molecule has 0 fully saturated rings. The lowest BCUT2D eigenvalue weighted by Gasteiger charge is -1.49. The number of aromatic nitrogens is 3. The summed E-state index contributed by atoms with van der Waals surface area (Å²) in [4.78, 5) is 9.28. The highest BCUT2D eigenvalue weighted by molar-refractivity contribution is 4.84. The number of imidazole rings is 1. The molecule has 0 atom stereocenters. The van der Waals surface area contributed by atoms with Crippen molar-refractivity contribution in [3.63, 3.8) is 0 Å². The Bertz CT molecular complexity index is 150. The molecule has 0 aliphatic rings. The maximum Gasteiger partial charge on any atom is 0.0919 e. The summed E-state index contributed by atoms with van der Waals surface area (Å²) in [7, 11) is 0. The van der Waals surface area contributed by atoms with Crippen molar-refractivity contribution in [2.45, 2.75) is 27.7 Å². The van der Waals surface area contributed by atoms with Crippen LogP contribution in [0.15, 0.2) is 43.2 Å². The lowest BCUT2D eigenvalue weighted by Crippen LogP contribution is -1.44. The van der Waals surface area contributed by atoms with E-state index in [4.69, 9.17) is 0 Å². The molecule has 14 heavy (non-hydrogen) atoms. The number of aromatic amines is 2. The Kier molecular flexibility index (Phi) is 18.8. The summed E-state index contributed by atoms with van der Waals surface area (Å²) < 4.78 is 0. The summed E-state index contributed by atoms with van der Waals surface area (Å²) in [5.41, 5.74) is 0. The number of hydrogen-bond acceptors (Lipinski definition) is 1. The molecule has 0 unspecified atom stereocenters. The molecule has 2 rings (SSSR count). The van der Waals surface area contributed by atoms with Crippen molar-refractivity contribution in [2.24, 2.45) is 0 Å². The van der Waals surface area contributed by atoms with Crippen LogP contribution in [-0.4, -0.2) is 15.0 Å². The molecule has 0 radical (unpaired) electrons. The average molecular weight is 195 g/mol. The molecule has 0 amide bonds. The number of hydrogen-bond donors (Lipinski definition) is 2. The van der Waals surface area contributed by atoms with Gasteiger partial charge in [-0.3, -0.25) is 0 Å². The second-order valence-electron chi connectivity index (χ2n) is 1.65. The van der Waals surface area contributed by atoms with Gasteiger partial charge in [-0.05, 0) is 12.1 Å². The van der Waals surface area contributed by atoms with Crippen LogP contribution in [0.3, 0.4) is 0 Å². The maximum atomic E-state index is 3.67. The van der Waals surface area contributed by atoms with Gasteiger partial charge in [0.25, 0.3) is 0 Å². The first-order valence-corrected chi connectivity index (χ1v) is 5.00. The first kappa shape index (κ1) is 15.0. The predicted octanol–water partition coefficient (Wildman–Crippen LogP) is 3.48. The van der Waals surface area contributed by atoms with E-state index in [1.54, 1.807) is 18.7 Å². The molecule has 0 saturated heterocycles. The van der Waals surface area contributed by atoms with Gasteiger partial charge >= 0.3 is 0 Å². The molecule has 3 heteroatoms. The smallest absolute Gasteiger partial charge is 0.0919 e. The van der Waals surface area contributed by atoms with Crippen molar-refractivity contribution in [2.75, 3.05) is 0 Å². The highest BCUT2D eigenvalue weighted by Gasteiger charge is 1.56. The van der Waals surface area contributed by atoms with E-state index in [2.05, 4.69) is 15.0 Å². The molecule has 2 aromatic heterocycles. The molecule has 0 aliphatic carbocycles. The summed E-state index contributed by atoms with van der Waals surface area (Å²) in [5, 5.41) is 0. The van der Waals surface area contributed by atoms with Crippen LogP contribution in [-0.2, 0) is 0 Å². The molecule has 2 heterocycles. The second kappa shape index (κ2) is 17.5. The van der Waals surface area contributed by atoms with Gasteiger partial charge in [0.05, 0.1) is 6.33 Å². The van der Waals surface area contributed by atoms with Crippen LogP contribution < -0.4 is 0 Å². The van der Waals surface area contributed by atoms with Gasteiger partial charge in [-0.1, -0.05) is 27.7 Å². The largest absolute Gasteiger partial charge is 0.368 e. The normalized spacial score (nSPS) is 6.57. The van der Waals surface area contributed by atoms with Crippen molar-refractivity contribution < 1.29 is 0 Å². The van der Waals surface area contributed by atoms with Crippen LogP contribution in [0.4, 0.5) is 0 Å². The fourth-order valence-electron chi connectivity index (χ4n) is 0.493. The highest BCUT2D eigenvalue weighted by Crippen LogP contribution is 1.72. The van der Waals surface area contributed by atoms with Crippen LogP contribution in [0.1, 0.15) is 27.7 Å². The second-order valence-corrected chi connectivity index (χ2v) is 1.65. The van der Waals surface area contributed by atoms with Crippen LogP contribution in [0.2, 0.25) is 0 Å². The van der Waals surface area contributed by atoms with E-state index in [1.807, 2.05) is 52.2 Å². The monoisotopic (exact) mass is 195 g/mol.